The third-order valence-electron chi connectivity index (χ3n) is 4.38. The second kappa shape index (κ2) is 5.11. The van der Waals surface area contributed by atoms with Crippen LogP contribution in [0.15, 0.2) is 0 Å². The van der Waals surface area contributed by atoms with Gasteiger partial charge in [0.25, 0.3) is 0 Å². The smallest absolute Gasteiger partial charge is 0.248 e. The lowest BCUT2D eigenvalue weighted by molar-refractivity contribution is -0.138. The van der Waals surface area contributed by atoms with Gasteiger partial charge in [0, 0.05) is 44.4 Å². The summed E-state index contributed by atoms with van der Waals surface area (Å²) in [6.45, 7) is 3.33. The van der Waals surface area contributed by atoms with Gasteiger partial charge in [-0.1, -0.05) is 6.92 Å². The Morgan fingerprint density at radius 3 is 2.44 bits per heavy atom. The quantitative estimate of drug-likeness (QED) is 0.824. The summed E-state index contributed by atoms with van der Waals surface area (Å²) in [5.74, 6) is -2.38. The van der Waals surface area contributed by atoms with E-state index in [-0.39, 0.29) is 37.2 Å². The van der Waals surface area contributed by atoms with Gasteiger partial charge in [0.2, 0.25) is 11.8 Å². The lowest BCUT2D eigenvalue weighted by Gasteiger charge is -2.30. The summed E-state index contributed by atoms with van der Waals surface area (Å²) < 4.78 is 26.1. The Bertz CT molecular complexity index is 312. The average Bonchev–Trinajstić information content (AvgIpc) is 2.69. The maximum atomic E-state index is 13.0. The molecule has 0 spiro atoms. The molecule has 0 aromatic heterocycles. The van der Waals surface area contributed by atoms with E-state index in [1.54, 1.807) is 4.90 Å². The Morgan fingerprint density at radius 2 is 1.94 bits per heavy atom. The van der Waals surface area contributed by atoms with Gasteiger partial charge in [-0.05, 0) is 18.8 Å². The van der Waals surface area contributed by atoms with Crippen molar-refractivity contribution in [2.75, 3.05) is 19.7 Å². The van der Waals surface area contributed by atoms with Gasteiger partial charge in [-0.25, -0.2) is 8.78 Å². The van der Waals surface area contributed by atoms with E-state index in [1.165, 1.54) is 0 Å². The molecule has 0 aromatic carbocycles. The van der Waals surface area contributed by atoms with Crippen LogP contribution in [0.1, 0.15) is 32.6 Å². The minimum Gasteiger partial charge on any atom is -0.396 e. The van der Waals surface area contributed by atoms with E-state index in [2.05, 4.69) is 0 Å². The van der Waals surface area contributed by atoms with Crippen LogP contribution in [0.3, 0.4) is 0 Å². The largest absolute Gasteiger partial charge is 0.396 e. The molecule has 0 unspecified atom stereocenters. The molecule has 2 atom stereocenters. The predicted molar refractivity (Wildman–Crippen MR) is 63.2 cm³/mol. The first-order valence-electron chi connectivity index (χ1n) is 6.70. The Labute approximate surface area is 106 Å². The van der Waals surface area contributed by atoms with Crippen LogP contribution >= 0.6 is 0 Å². The Morgan fingerprint density at radius 1 is 1.33 bits per heavy atom. The zero-order valence-corrected chi connectivity index (χ0v) is 10.7. The van der Waals surface area contributed by atoms with Gasteiger partial charge in [0.05, 0.1) is 0 Å². The van der Waals surface area contributed by atoms with Crippen LogP contribution in [0.2, 0.25) is 0 Å². The second-order valence-corrected chi connectivity index (χ2v) is 5.79. The lowest BCUT2D eigenvalue weighted by atomic mass is 9.86. The zero-order chi connectivity index (χ0) is 13.3. The molecule has 104 valence electrons. The molecular formula is C13H21F2NO2. The van der Waals surface area contributed by atoms with E-state index < -0.39 is 5.92 Å². The van der Waals surface area contributed by atoms with Crippen LogP contribution in [0.25, 0.3) is 0 Å². The molecule has 18 heavy (non-hydrogen) atoms. The molecule has 1 amide bonds. The number of hydrogen-bond acceptors (Lipinski definition) is 2. The van der Waals surface area contributed by atoms with E-state index in [0.29, 0.717) is 31.8 Å². The van der Waals surface area contributed by atoms with Crippen molar-refractivity contribution in [2.24, 2.45) is 17.8 Å². The third-order valence-corrected chi connectivity index (χ3v) is 4.38. The number of likely N-dealkylation sites (tertiary alicyclic amines) is 1. The van der Waals surface area contributed by atoms with E-state index >= 15 is 0 Å². The van der Waals surface area contributed by atoms with Crippen LogP contribution in [0.4, 0.5) is 8.78 Å². The lowest BCUT2D eigenvalue weighted by Crippen LogP contribution is -2.38. The molecule has 2 aliphatic rings. The van der Waals surface area contributed by atoms with Gasteiger partial charge < -0.3 is 10.0 Å². The highest BCUT2D eigenvalue weighted by Crippen LogP contribution is 2.37. The summed E-state index contributed by atoms with van der Waals surface area (Å²) in [5.41, 5.74) is 0. The Kier molecular flexibility index (Phi) is 3.90. The first kappa shape index (κ1) is 13.7. The maximum Gasteiger partial charge on any atom is 0.248 e. The predicted octanol–water partition coefficient (Wildman–Crippen LogP) is 1.90. The molecule has 0 aromatic rings. The number of amides is 1. The standard InChI is InChI=1S/C13H21F2NO2/c1-9-6-16(7-11(9)8-17)12(18)10-2-4-13(14,15)5-3-10/h9-11,17H,2-8H2,1H3/t9-,11+/m1/s1. The average molecular weight is 261 g/mol. The molecule has 3 nitrogen and oxygen atoms in total. The number of nitrogens with zero attached hydrogens (tertiary/aromatic N) is 1. The summed E-state index contributed by atoms with van der Waals surface area (Å²) in [6.07, 6.45) is 0.244. The summed E-state index contributed by atoms with van der Waals surface area (Å²) in [5, 5.41) is 9.18. The molecular weight excluding hydrogens is 240 g/mol. The molecule has 2 fully saturated rings. The van der Waals surface area contributed by atoms with Gasteiger partial charge >= 0.3 is 0 Å². The Balaban J connectivity index is 1.89. The van der Waals surface area contributed by atoms with Crippen LogP contribution in [-0.2, 0) is 4.79 Å². The maximum absolute atomic E-state index is 13.0. The Hall–Kier alpha value is -0.710. The number of carbonyl (C=O) groups is 1. The highest BCUT2D eigenvalue weighted by atomic mass is 19.3. The molecule has 0 radical (unpaired) electrons. The van der Waals surface area contributed by atoms with Crippen LogP contribution in [0, 0.1) is 17.8 Å². The molecule has 1 aliphatic carbocycles. The van der Waals surface area contributed by atoms with Gasteiger partial charge in [0.1, 0.15) is 0 Å². The molecule has 1 saturated heterocycles. The SMILES string of the molecule is C[C@@H]1CN(C(=O)C2CCC(F)(F)CC2)C[C@H]1CO. The monoisotopic (exact) mass is 261 g/mol. The molecule has 1 saturated carbocycles. The first-order chi connectivity index (χ1) is 8.43. The van der Waals surface area contributed by atoms with Crippen molar-refractivity contribution in [1.29, 1.82) is 0 Å². The second-order valence-electron chi connectivity index (χ2n) is 5.79. The fraction of sp³-hybridized carbons (Fsp3) is 0.923. The first-order valence-corrected chi connectivity index (χ1v) is 6.70. The third kappa shape index (κ3) is 2.82. The molecule has 1 N–H and O–H groups in total. The molecule has 1 aliphatic heterocycles. The highest BCUT2D eigenvalue weighted by Gasteiger charge is 2.40. The number of carbonyl (C=O) groups excluding carboxylic acids is 1. The number of rotatable bonds is 2. The van der Waals surface area contributed by atoms with Crippen molar-refractivity contribution in [3.05, 3.63) is 0 Å². The number of halogens is 2. The molecule has 5 heteroatoms. The van der Waals surface area contributed by atoms with Crippen molar-refractivity contribution < 1.29 is 18.7 Å². The van der Waals surface area contributed by atoms with Gasteiger partial charge in [-0.2, -0.15) is 0 Å². The summed E-state index contributed by atoms with van der Waals surface area (Å²) in [7, 11) is 0. The fourth-order valence-electron chi connectivity index (χ4n) is 3.00. The van der Waals surface area contributed by atoms with E-state index in [0.717, 1.165) is 0 Å². The van der Waals surface area contributed by atoms with Crippen molar-refractivity contribution in [3.8, 4) is 0 Å². The summed E-state index contributed by atoms with van der Waals surface area (Å²) in [4.78, 5) is 14.0. The molecule has 1 heterocycles. The summed E-state index contributed by atoms with van der Waals surface area (Å²) >= 11 is 0. The number of aliphatic hydroxyl groups excluding tert-OH is 1. The van der Waals surface area contributed by atoms with Gasteiger partial charge in [0.15, 0.2) is 0 Å². The minimum absolute atomic E-state index is 0.00769. The zero-order valence-electron chi connectivity index (χ0n) is 10.7. The number of hydrogen-bond donors (Lipinski definition) is 1. The summed E-state index contributed by atoms with van der Waals surface area (Å²) in [6, 6.07) is 0. The molecule has 0 bridgehead atoms. The van der Waals surface area contributed by atoms with Crippen molar-refractivity contribution in [3.63, 3.8) is 0 Å². The minimum atomic E-state index is -2.58. The number of alkyl halides is 2. The van der Waals surface area contributed by atoms with Crippen molar-refractivity contribution >= 4 is 5.91 Å². The van der Waals surface area contributed by atoms with E-state index in [9.17, 15) is 18.7 Å². The normalized spacial score (nSPS) is 32.8. The van der Waals surface area contributed by atoms with Crippen molar-refractivity contribution in [2.45, 2.75) is 38.5 Å². The van der Waals surface area contributed by atoms with Crippen LogP contribution in [0.5, 0.6) is 0 Å². The van der Waals surface area contributed by atoms with Crippen LogP contribution < -0.4 is 0 Å². The molecule has 2 rings (SSSR count). The van der Waals surface area contributed by atoms with E-state index in [4.69, 9.17) is 0 Å². The topological polar surface area (TPSA) is 40.5 Å². The van der Waals surface area contributed by atoms with Gasteiger partial charge in [-0.15, -0.1) is 0 Å². The highest BCUT2D eigenvalue weighted by molar-refractivity contribution is 5.79. The van der Waals surface area contributed by atoms with Gasteiger partial charge in [-0.3, -0.25) is 4.79 Å². The van der Waals surface area contributed by atoms with Crippen molar-refractivity contribution in [1.82, 2.24) is 4.90 Å². The number of aliphatic hydroxyl groups is 1. The fourth-order valence-corrected chi connectivity index (χ4v) is 3.00. The van der Waals surface area contributed by atoms with Crippen LogP contribution in [-0.4, -0.2) is 41.5 Å². The van der Waals surface area contributed by atoms with E-state index in [1.807, 2.05) is 6.92 Å².